The fourth-order valence-electron chi connectivity index (χ4n) is 4.81. The smallest absolute Gasteiger partial charge is 0.0397 e. The third kappa shape index (κ3) is 4.38. The van der Waals surface area contributed by atoms with Crippen molar-refractivity contribution in [3.63, 3.8) is 0 Å². The van der Waals surface area contributed by atoms with Gasteiger partial charge in [-0.05, 0) is 87.1 Å². The Morgan fingerprint density at radius 2 is 0.633 bits per heavy atom. The summed E-state index contributed by atoms with van der Waals surface area (Å²) in [7, 11) is 8.90. The first-order chi connectivity index (χ1) is 14.2. The number of hydrogen-bond donors (Lipinski definition) is 0. The lowest BCUT2D eigenvalue weighted by Crippen LogP contribution is -2.28. The minimum absolute atomic E-state index is 1.05. The van der Waals surface area contributed by atoms with Crippen LogP contribution in [0.1, 0.15) is 35.1 Å². The lowest BCUT2D eigenvalue weighted by atomic mass is 10.0. The van der Waals surface area contributed by atoms with Gasteiger partial charge in [0.15, 0.2) is 0 Å². The molecule has 0 atom stereocenters. The van der Waals surface area contributed by atoms with Crippen LogP contribution >= 0.6 is 0 Å². The molecule has 4 heteroatoms. The molecule has 0 aromatic heterocycles. The number of rotatable bonds is 0. The third-order valence-corrected chi connectivity index (χ3v) is 7.08. The van der Waals surface area contributed by atoms with Crippen LogP contribution in [0.4, 0.5) is 22.7 Å². The molecule has 4 aliphatic rings. The van der Waals surface area contributed by atoms with E-state index >= 15 is 0 Å². The predicted octanol–water partition coefficient (Wildman–Crippen LogP) is 5.16. The molecule has 2 aromatic rings. The summed E-state index contributed by atoms with van der Waals surface area (Å²) in [6.45, 7) is 13.3. The summed E-state index contributed by atoms with van der Waals surface area (Å²) in [5.74, 6) is 0. The van der Waals surface area contributed by atoms with Crippen molar-refractivity contribution < 1.29 is 0 Å². The van der Waals surface area contributed by atoms with Crippen LogP contribution in [-0.2, 0) is 0 Å². The molecule has 0 spiro atoms. The molecule has 30 heavy (non-hydrogen) atoms. The fraction of sp³-hybridized carbons (Fsp3) is 0.538. The molecule has 2 aromatic carbocycles. The highest BCUT2D eigenvalue weighted by molar-refractivity contribution is 5.67. The zero-order valence-electron chi connectivity index (χ0n) is 20.3. The first kappa shape index (κ1) is 22.3. The molecule has 0 saturated heterocycles. The predicted molar refractivity (Wildman–Crippen MR) is 134 cm³/mol. The molecule has 0 N–H and O–H groups in total. The summed E-state index contributed by atoms with van der Waals surface area (Å²) < 4.78 is 0. The Bertz CT molecular complexity index is 746. The molecule has 0 radical (unpaired) electrons. The second-order valence-electron chi connectivity index (χ2n) is 9.10. The van der Waals surface area contributed by atoms with Crippen LogP contribution in [0, 0.1) is 27.7 Å². The minimum Gasteiger partial charge on any atom is -0.374 e. The van der Waals surface area contributed by atoms with E-state index in [2.05, 4.69) is 99.8 Å². The Labute approximate surface area is 184 Å². The Balaban J connectivity index is 1.93. The lowest BCUT2D eigenvalue weighted by molar-refractivity contribution is 0.752. The normalized spacial score (nSPS) is 16.3. The zero-order valence-corrected chi connectivity index (χ0v) is 20.3. The van der Waals surface area contributed by atoms with E-state index in [9.17, 15) is 0 Å². The molecule has 0 saturated carbocycles. The summed E-state index contributed by atoms with van der Waals surface area (Å²) in [4.78, 5) is 9.66. The highest BCUT2D eigenvalue weighted by Crippen LogP contribution is 2.32. The van der Waals surface area contributed by atoms with Crippen molar-refractivity contribution >= 4 is 22.7 Å². The van der Waals surface area contributed by atoms with Crippen molar-refractivity contribution in [2.45, 2.75) is 40.5 Å². The summed E-state index contributed by atoms with van der Waals surface area (Å²) in [5.41, 5.74) is 11.0. The summed E-state index contributed by atoms with van der Waals surface area (Å²) >= 11 is 0. The standard InChI is InChI=1S/C26H40N4/c1-19-20(2)24-12-11-23(19)27(5)15-9-17-29(7)25-13-14-26(22(4)21(25)3)30(8)18-10-16-28(24)6/h11-14H,9-10,15-18H2,1-8H3. The maximum atomic E-state index is 2.42. The van der Waals surface area contributed by atoms with Crippen LogP contribution in [0.5, 0.6) is 0 Å². The monoisotopic (exact) mass is 408 g/mol. The SMILES string of the molecule is Cc1c2ccc(c1C)N(C)CCCN(C)c1ccc(c(C)c1C)N(C)CCCN2C. The summed E-state index contributed by atoms with van der Waals surface area (Å²) in [5, 5.41) is 0. The van der Waals surface area contributed by atoms with Gasteiger partial charge in [0.1, 0.15) is 0 Å². The van der Waals surface area contributed by atoms with E-state index in [4.69, 9.17) is 0 Å². The van der Waals surface area contributed by atoms with Gasteiger partial charge in [0.05, 0.1) is 0 Å². The molecule has 6 rings (SSSR count). The molecule has 164 valence electrons. The van der Waals surface area contributed by atoms with E-state index in [1.165, 1.54) is 45.0 Å². The Morgan fingerprint density at radius 1 is 0.433 bits per heavy atom. The van der Waals surface area contributed by atoms with Gasteiger partial charge in [0.25, 0.3) is 0 Å². The highest BCUT2D eigenvalue weighted by Gasteiger charge is 2.16. The Morgan fingerprint density at radius 3 is 0.833 bits per heavy atom. The zero-order chi connectivity index (χ0) is 22.0. The number of benzene rings is 2. The van der Waals surface area contributed by atoms with Gasteiger partial charge < -0.3 is 19.6 Å². The minimum atomic E-state index is 1.05. The lowest BCUT2D eigenvalue weighted by Gasteiger charge is -2.30. The van der Waals surface area contributed by atoms with Gasteiger partial charge in [-0.15, -0.1) is 0 Å². The second kappa shape index (κ2) is 9.20. The fourth-order valence-corrected chi connectivity index (χ4v) is 4.81. The van der Waals surface area contributed by atoms with E-state index in [1.54, 1.807) is 0 Å². The van der Waals surface area contributed by atoms with Gasteiger partial charge in [-0.3, -0.25) is 0 Å². The molecular weight excluding hydrogens is 368 g/mol. The molecule has 0 fully saturated rings. The maximum absolute atomic E-state index is 2.42. The summed E-state index contributed by atoms with van der Waals surface area (Å²) in [6.07, 6.45) is 2.26. The van der Waals surface area contributed by atoms with Crippen LogP contribution in [0.15, 0.2) is 24.3 Å². The van der Waals surface area contributed by atoms with Crippen molar-refractivity contribution in [2.24, 2.45) is 0 Å². The van der Waals surface area contributed by atoms with Crippen LogP contribution in [0.2, 0.25) is 0 Å². The van der Waals surface area contributed by atoms with E-state index in [0.29, 0.717) is 0 Å². The number of anilines is 4. The first-order valence-electron chi connectivity index (χ1n) is 11.3. The molecule has 0 aliphatic carbocycles. The topological polar surface area (TPSA) is 13.0 Å². The molecular formula is C26H40N4. The van der Waals surface area contributed by atoms with Crippen LogP contribution in [0.3, 0.4) is 0 Å². The first-order valence-corrected chi connectivity index (χ1v) is 11.3. The molecule has 4 aliphatic heterocycles. The van der Waals surface area contributed by atoms with E-state index in [1.807, 2.05) is 0 Å². The largest absolute Gasteiger partial charge is 0.374 e. The Hall–Kier alpha value is -2.36. The average Bonchev–Trinajstić information content (AvgIpc) is 2.70. The maximum Gasteiger partial charge on any atom is 0.0397 e. The van der Waals surface area contributed by atoms with Crippen molar-refractivity contribution in [2.75, 3.05) is 74.0 Å². The molecule has 0 amide bonds. The Kier molecular flexibility index (Phi) is 6.84. The van der Waals surface area contributed by atoms with Crippen molar-refractivity contribution in [3.8, 4) is 0 Å². The van der Waals surface area contributed by atoms with Gasteiger partial charge in [-0.1, -0.05) is 0 Å². The van der Waals surface area contributed by atoms with Crippen LogP contribution in [0.25, 0.3) is 0 Å². The van der Waals surface area contributed by atoms with E-state index < -0.39 is 0 Å². The highest BCUT2D eigenvalue weighted by atomic mass is 15.1. The van der Waals surface area contributed by atoms with Crippen LogP contribution < -0.4 is 19.6 Å². The molecule has 4 bridgehead atoms. The van der Waals surface area contributed by atoms with Gasteiger partial charge in [-0.2, -0.15) is 0 Å². The van der Waals surface area contributed by atoms with Crippen LogP contribution in [-0.4, -0.2) is 54.4 Å². The van der Waals surface area contributed by atoms with Crippen molar-refractivity contribution in [3.05, 3.63) is 46.5 Å². The van der Waals surface area contributed by atoms with Gasteiger partial charge >= 0.3 is 0 Å². The summed E-state index contributed by atoms with van der Waals surface area (Å²) in [6, 6.07) is 9.22. The molecule has 0 unspecified atom stereocenters. The van der Waals surface area contributed by atoms with E-state index in [-0.39, 0.29) is 0 Å². The van der Waals surface area contributed by atoms with Crippen molar-refractivity contribution in [1.82, 2.24) is 0 Å². The van der Waals surface area contributed by atoms with E-state index in [0.717, 1.165) is 39.0 Å². The average molecular weight is 409 g/mol. The second-order valence-corrected chi connectivity index (χ2v) is 9.10. The quantitative estimate of drug-likeness (QED) is 0.597. The van der Waals surface area contributed by atoms with Crippen molar-refractivity contribution in [1.29, 1.82) is 0 Å². The van der Waals surface area contributed by atoms with Gasteiger partial charge in [0.2, 0.25) is 0 Å². The van der Waals surface area contributed by atoms with Gasteiger partial charge in [0, 0.05) is 77.1 Å². The molecule has 4 heterocycles. The third-order valence-electron chi connectivity index (χ3n) is 7.08. The molecule has 4 nitrogen and oxygen atoms in total. The van der Waals surface area contributed by atoms with Gasteiger partial charge in [-0.25, -0.2) is 0 Å². The number of hydrogen-bond acceptors (Lipinski definition) is 4. The number of nitrogens with zero attached hydrogens (tertiary/aromatic N) is 4.